The van der Waals surface area contributed by atoms with Gasteiger partial charge < -0.3 is 6.15 Å². The summed E-state index contributed by atoms with van der Waals surface area (Å²) in [7, 11) is 0. The average molecular weight is 229 g/mol. The first-order chi connectivity index (χ1) is 6.93. The van der Waals surface area contributed by atoms with E-state index in [1.54, 1.807) is 0 Å². The number of rotatable bonds is 1. The molecule has 0 unspecified atom stereocenters. The van der Waals surface area contributed by atoms with Crippen LogP contribution in [0.1, 0.15) is 5.56 Å². The monoisotopic (exact) mass is 228 g/mol. The summed E-state index contributed by atoms with van der Waals surface area (Å²) in [6.07, 6.45) is 0. The van der Waals surface area contributed by atoms with Gasteiger partial charge in [-0.25, -0.2) is 0 Å². The lowest BCUT2D eigenvalue weighted by atomic mass is 10.2. The van der Waals surface area contributed by atoms with Crippen LogP contribution in [0.25, 0.3) is 0 Å². The average Bonchev–Trinajstić information content (AvgIpc) is 2.37. The molecule has 0 atom stereocenters. The van der Waals surface area contributed by atoms with Crippen molar-refractivity contribution < 1.29 is 0 Å². The topological polar surface area (TPSA) is 36.5 Å². The molecule has 0 radical (unpaired) electrons. The van der Waals surface area contributed by atoms with Crippen molar-refractivity contribution in [3.63, 3.8) is 0 Å². The summed E-state index contributed by atoms with van der Waals surface area (Å²) in [5.41, 5.74) is 1.18. The Morgan fingerprint density at radius 2 is 1.13 bits per heavy atom. The number of hydrogen-bond acceptors (Lipinski definition) is 0. The van der Waals surface area contributed by atoms with Crippen LogP contribution < -0.4 is 6.15 Å². The predicted octanol–water partition coefficient (Wildman–Crippen LogP) is 5.21. The second-order valence-electron chi connectivity index (χ2n) is 1.62. The van der Waals surface area contributed by atoms with Crippen LogP contribution in [0.15, 0.2) is 69.8 Å². The highest BCUT2D eigenvalue weighted by Gasteiger charge is 1.81. The summed E-state index contributed by atoms with van der Waals surface area (Å²) in [5, 5.41) is 0. The molecule has 0 fully saturated rings. The van der Waals surface area contributed by atoms with Gasteiger partial charge in [0.25, 0.3) is 0 Å². The zero-order valence-electron chi connectivity index (χ0n) is 9.71. The van der Waals surface area contributed by atoms with Crippen molar-refractivity contribution in [2.24, 2.45) is 0 Å². The van der Waals surface area contributed by atoms with Gasteiger partial charge in [-0.1, -0.05) is 30.3 Å². The van der Waals surface area contributed by atoms with Crippen molar-refractivity contribution in [3.8, 4) is 0 Å². The summed E-state index contributed by atoms with van der Waals surface area (Å²) in [6, 6.07) is 9.96. The van der Waals surface area contributed by atoms with Gasteiger partial charge in [-0.2, -0.15) is 0 Å². The van der Waals surface area contributed by atoms with Crippen molar-refractivity contribution >= 4 is 11.6 Å². The molecule has 0 spiro atoms. The number of halogens is 1. The maximum absolute atomic E-state index is 5.53. The maximum Gasteiger partial charge on any atom is 0.0474 e. The number of benzene rings is 1. The lowest BCUT2D eigenvalue weighted by Crippen LogP contribution is -1.71. The maximum atomic E-state index is 5.53. The third kappa shape index (κ3) is 19.2. The SMILES string of the molecule is C=C.C=C.C=C.ClCc1ccccc1.[NH4+]. The fourth-order valence-corrected chi connectivity index (χ4v) is 0.745. The predicted molar refractivity (Wildman–Crippen MR) is 75.7 cm³/mol. The molecule has 1 rings (SSSR count). The van der Waals surface area contributed by atoms with E-state index in [4.69, 9.17) is 11.6 Å². The number of hydrogen-bond donors (Lipinski definition) is 1. The molecule has 0 aromatic heterocycles. The largest absolute Gasteiger partial charge is 0.369 e. The molecule has 2 heteroatoms. The van der Waals surface area contributed by atoms with Crippen LogP contribution in [0.3, 0.4) is 0 Å². The molecule has 0 aliphatic rings. The van der Waals surface area contributed by atoms with Crippen LogP contribution in [0, 0.1) is 0 Å². The van der Waals surface area contributed by atoms with E-state index in [2.05, 4.69) is 39.5 Å². The molecular formula is C13H23ClN+. The van der Waals surface area contributed by atoms with E-state index in [0.717, 1.165) is 0 Å². The van der Waals surface area contributed by atoms with Crippen molar-refractivity contribution in [2.75, 3.05) is 0 Å². The Morgan fingerprint density at radius 1 is 0.800 bits per heavy atom. The third-order valence-electron chi connectivity index (χ3n) is 0.997. The van der Waals surface area contributed by atoms with Gasteiger partial charge >= 0.3 is 0 Å². The third-order valence-corrected chi connectivity index (χ3v) is 1.31. The highest BCUT2D eigenvalue weighted by atomic mass is 35.5. The summed E-state index contributed by atoms with van der Waals surface area (Å²) in [5.74, 6) is 0.612. The van der Waals surface area contributed by atoms with E-state index in [9.17, 15) is 0 Å². The van der Waals surface area contributed by atoms with Crippen LogP contribution in [0.4, 0.5) is 0 Å². The summed E-state index contributed by atoms with van der Waals surface area (Å²) in [4.78, 5) is 0. The molecule has 0 saturated heterocycles. The molecule has 1 nitrogen and oxygen atoms in total. The first-order valence-electron chi connectivity index (χ1n) is 4.03. The van der Waals surface area contributed by atoms with Crippen LogP contribution in [0.5, 0.6) is 0 Å². The molecule has 0 amide bonds. The molecule has 1 aromatic carbocycles. The minimum Gasteiger partial charge on any atom is -0.369 e. The van der Waals surface area contributed by atoms with Gasteiger partial charge in [0.1, 0.15) is 0 Å². The van der Waals surface area contributed by atoms with Crippen LogP contribution in [-0.2, 0) is 5.88 Å². The summed E-state index contributed by atoms with van der Waals surface area (Å²) < 4.78 is 0. The Labute approximate surface area is 99.4 Å². The molecule has 0 aliphatic carbocycles. The molecule has 15 heavy (non-hydrogen) atoms. The van der Waals surface area contributed by atoms with Crippen molar-refractivity contribution in [3.05, 3.63) is 75.4 Å². The molecule has 0 aliphatic heterocycles. The normalized spacial score (nSPS) is 5.67. The van der Waals surface area contributed by atoms with Gasteiger partial charge in [-0.15, -0.1) is 51.1 Å². The number of quaternary nitrogens is 1. The van der Waals surface area contributed by atoms with Crippen molar-refractivity contribution in [2.45, 2.75) is 5.88 Å². The molecule has 0 saturated carbocycles. The van der Waals surface area contributed by atoms with Crippen molar-refractivity contribution in [1.29, 1.82) is 0 Å². The van der Waals surface area contributed by atoms with Gasteiger partial charge in [0.05, 0.1) is 0 Å². The Hall–Kier alpha value is -1.31. The van der Waals surface area contributed by atoms with Gasteiger partial charge in [-0.3, -0.25) is 0 Å². The second kappa shape index (κ2) is 29.3. The van der Waals surface area contributed by atoms with Gasteiger partial charge in [0, 0.05) is 5.88 Å². The Kier molecular flexibility index (Phi) is 45.9. The molecule has 0 bridgehead atoms. The Morgan fingerprint density at radius 3 is 1.33 bits per heavy atom. The van der Waals surface area contributed by atoms with Crippen LogP contribution >= 0.6 is 11.6 Å². The van der Waals surface area contributed by atoms with Gasteiger partial charge in [0.2, 0.25) is 0 Å². The lowest BCUT2D eigenvalue weighted by Gasteiger charge is -1.88. The fraction of sp³-hybridized carbons (Fsp3) is 0.0769. The Balaban J connectivity index is -0.0000000755. The fourth-order valence-electron chi connectivity index (χ4n) is 0.567. The summed E-state index contributed by atoms with van der Waals surface area (Å²) in [6.45, 7) is 18.0. The van der Waals surface area contributed by atoms with Crippen LogP contribution in [-0.4, -0.2) is 0 Å². The first-order valence-corrected chi connectivity index (χ1v) is 4.57. The molecular weight excluding hydrogens is 206 g/mol. The number of alkyl halides is 1. The minimum atomic E-state index is 0. The van der Waals surface area contributed by atoms with Crippen LogP contribution in [0.2, 0.25) is 0 Å². The first kappa shape index (κ1) is 23.5. The highest BCUT2D eigenvalue weighted by molar-refractivity contribution is 6.17. The van der Waals surface area contributed by atoms with E-state index >= 15 is 0 Å². The van der Waals surface area contributed by atoms with E-state index in [-0.39, 0.29) is 6.15 Å². The molecule has 0 heterocycles. The van der Waals surface area contributed by atoms with E-state index in [1.807, 2.05) is 30.3 Å². The summed E-state index contributed by atoms with van der Waals surface area (Å²) >= 11 is 5.53. The second-order valence-corrected chi connectivity index (χ2v) is 1.89. The molecule has 1 aromatic rings. The van der Waals surface area contributed by atoms with E-state index in [0.29, 0.717) is 5.88 Å². The zero-order valence-corrected chi connectivity index (χ0v) is 10.5. The van der Waals surface area contributed by atoms with E-state index in [1.165, 1.54) is 5.56 Å². The molecule has 4 N–H and O–H groups in total. The highest BCUT2D eigenvalue weighted by Crippen LogP contribution is 2.00. The smallest absolute Gasteiger partial charge is 0.0474 e. The lowest BCUT2D eigenvalue weighted by molar-refractivity contribution is 1.41. The molecule has 86 valence electrons. The van der Waals surface area contributed by atoms with Gasteiger partial charge in [0.15, 0.2) is 0 Å². The Bertz CT molecular complexity index is 182. The minimum absolute atomic E-state index is 0. The standard InChI is InChI=1S/C7H7Cl.3C2H4.H3N/c8-6-7-4-2-1-3-5-7;3*1-2;/h1-5H,6H2;3*1-2H2;1H3/p+1. The zero-order chi connectivity index (χ0) is 11.8. The van der Waals surface area contributed by atoms with E-state index < -0.39 is 0 Å². The van der Waals surface area contributed by atoms with Crippen molar-refractivity contribution in [1.82, 2.24) is 6.15 Å². The quantitative estimate of drug-likeness (QED) is 0.506. The van der Waals surface area contributed by atoms with Gasteiger partial charge in [-0.05, 0) is 5.56 Å².